The largest absolute Gasteiger partial charge is 0.388 e. The van der Waals surface area contributed by atoms with Crippen molar-refractivity contribution in [2.24, 2.45) is 5.92 Å². The number of likely N-dealkylation sites (N-methyl/N-ethyl adjacent to an activating group) is 1. The van der Waals surface area contributed by atoms with Gasteiger partial charge >= 0.3 is 6.03 Å². The van der Waals surface area contributed by atoms with Crippen LogP contribution in [0.4, 0.5) is 4.79 Å². The summed E-state index contributed by atoms with van der Waals surface area (Å²) in [7, 11) is 3.97. The summed E-state index contributed by atoms with van der Waals surface area (Å²) in [6.45, 7) is 6.59. The molecule has 0 aromatic heterocycles. The SMILES string of the molecule is CC(C)C(C)(O)CNC(=O)NC(Cc1ccccc1)CN(C)C. The fourth-order valence-electron chi connectivity index (χ4n) is 2.20. The first-order valence-corrected chi connectivity index (χ1v) is 8.16. The predicted octanol–water partition coefficient (Wildman–Crippen LogP) is 1.87. The third kappa shape index (κ3) is 7.48. The van der Waals surface area contributed by atoms with Gasteiger partial charge in [-0.25, -0.2) is 4.79 Å². The maximum atomic E-state index is 12.1. The molecule has 2 unspecified atom stereocenters. The van der Waals surface area contributed by atoms with Crippen molar-refractivity contribution in [3.05, 3.63) is 35.9 Å². The number of hydrogen-bond donors (Lipinski definition) is 3. The maximum Gasteiger partial charge on any atom is 0.315 e. The van der Waals surface area contributed by atoms with Gasteiger partial charge in [-0.2, -0.15) is 0 Å². The molecule has 1 aromatic carbocycles. The first-order valence-electron chi connectivity index (χ1n) is 8.16. The van der Waals surface area contributed by atoms with E-state index in [2.05, 4.69) is 27.7 Å². The Hall–Kier alpha value is -1.59. The molecule has 23 heavy (non-hydrogen) atoms. The van der Waals surface area contributed by atoms with Crippen LogP contribution in [0, 0.1) is 5.92 Å². The lowest BCUT2D eigenvalue weighted by Crippen LogP contribution is -2.51. The van der Waals surface area contributed by atoms with Gasteiger partial charge in [-0.15, -0.1) is 0 Å². The van der Waals surface area contributed by atoms with Crippen molar-refractivity contribution >= 4 is 6.03 Å². The van der Waals surface area contributed by atoms with Crippen LogP contribution in [0.15, 0.2) is 30.3 Å². The molecule has 0 heterocycles. The smallest absolute Gasteiger partial charge is 0.315 e. The van der Waals surface area contributed by atoms with E-state index in [1.165, 1.54) is 5.56 Å². The number of carbonyl (C=O) groups excluding carboxylic acids is 1. The van der Waals surface area contributed by atoms with E-state index in [-0.39, 0.29) is 24.5 Å². The van der Waals surface area contributed by atoms with E-state index in [4.69, 9.17) is 0 Å². The highest BCUT2D eigenvalue weighted by Crippen LogP contribution is 2.14. The molecular weight excluding hydrogens is 290 g/mol. The molecule has 5 heteroatoms. The highest BCUT2D eigenvalue weighted by Gasteiger charge is 2.25. The highest BCUT2D eigenvalue weighted by molar-refractivity contribution is 5.74. The number of amides is 2. The molecule has 0 bridgehead atoms. The monoisotopic (exact) mass is 321 g/mol. The second-order valence-electron chi connectivity index (χ2n) is 6.99. The zero-order valence-electron chi connectivity index (χ0n) is 15.0. The number of rotatable bonds is 8. The van der Waals surface area contributed by atoms with E-state index >= 15 is 0 Å². The van der Waals surface area contributed by atoms with Gasteiger partial charge in [0.15, 0.2) is 0 Å². The van der Waals surface area contributed by atoms with Gasteiger partial charge in [0.2, 0.25) is 0 Å². The molecule has 3 N–H and O–H groups in total. The molecular formula is C18H31N3O2. The quantitative estimate of drug-likeness (QED) is 0.685. The summed E-state index contributed by atoms with van der Waals surface area (Å²) in [4.78, 5) is 14.2. The molecule has 1 aromatic rings. The first kappa shape index (κ1) is 19.5. The van der Waals surface area contributed by atoms with E-state index in [0.717, 1.165) is 13.0 Å². The van der Waals surface area contributed by atoms with Crippen molar-refractivity contribution in [2.45, 2.75) is 38.8 Å². The van der Waals surface area contributed by atoms with Crippen LogP contribution in [0.5, 0.6) is 0 Å². The van der Waals surface area contributed by atoms with E-state index in [1.54, 1.807) is 6.92 Å². The van der Waals surface area contributed by atoms with Gasteiger partial charge in [-0.05, 0) is 38.9 Å². The highest BCUT2D eigenvalue weighted by atomic mass is 16.3. The van der Waals surface area contributed by atoms with E-state index in [1.807, 2.05) is 46.1 Å². The second kappa shape index (κ2) is 8.89. The van der Waals surface area contributed by atoms with Crippen molar-refractivity contribution in [3.63, 3.8) is 0 Å². The first-order chi connectivity index (χ1) is 10.7. The Morgan fingerprint density at radius 3 is 2.39 bits per heavy atom. The Balaban J connectivity index is 2.57. The molecule has 0 aliphatic rings. The Labute approximate surface area is 140 Å². The molecule has 1 rings (SSSR count). The summed E-state index contributed by atoms with van der Waals surface area (Å²) in [5, 5.41) is 16.0. The normalized spacial score (nSPS) is 15.3. The van der Waals surface area contributed by atoms with Crippen LogP contribution in [0.3, 0.4) is 0 Å². The van der Waals surface area contributed by atoms with E-state index in [9.17, 15) is 9.90 Å². The number of aliphatic hydroxyl groups is 1. The zero-order chi connectivity index (χ0) is 17.5. The molecule has 0 fully saturated rings. The fourth-order valence-corrected chi connectivity index (χ4v) is 2.20. The molecule has 0 saturated carbocycles. The van der Waals surface area contributed by atoms with Gasteiger partial charge < -0.3 is 20.6 Å². The number of nitrogens with zero attached hydrogens (tertiary/aromatic N) is 1. The van der Waals surface area contributed by atoms with Crippen LogP contribution in [-0.2, 0) is 6.42 Å². The summed E-state index contributed by atoms with van der Waals surface area (Å²) in [5.74, 6) is 0.0738. The molecule has 2 atom stereocenters. The minimum Gasteiger partial charge on any atom is -0.388 e. The molecule has 2 amide bonds. The number of urea groups is 1. The molecule has 0 radical (unpaired) electrons. The van der Waals surface area contributed by atoms with Gasteiger partial charge in [0.1, 0.15) is 0 Å². The summed E-state index contributed by atoms with van der Waals surface area (Å²) >= 11 is 0. The van der Waals surface area contributed by atoms with Crippen LogP contribution in [0.1, 0.15) is 26.3 Å². The summed E-state index contributed by atoms with van der Waals surface area (Å²) in [6, 6.07) is 9.88. The number of carbonyl (C=O) groups is 1. The second-order valence-corrected chi connectivity index (χ2v) is 6.99. The summed E-state index contributed by atoms with van der Waals surface area (Å²) in [5.41, 5.74) is 0.280. The van der Waals surface area contributed by atoms with E-state index in [0.29, 0.717) is 0 Å². The zero-order valence-corrected chi connectivity index (χ0v) is 15.0. The Morgan fingerprint density at radius 2 is 1.87 bits per heavy atom. The standard InChI is InChI=1S/C18H31N3O2/c1-14(2)18(3,23)13-19-17(22)20-16(12-21(4)5)11-15-9-7-6-8-10-15/h6-10,14,16,23H,11-13H2,1-5H3,(H2,19,20,22). The Kier molecular flexibility index (Phi) is 7.52. The average Bonchev–Trinajstić information content (AvgIpc) is 2.45. The molecule has 0 aliphatic heterocycles. The van der Waals surface area contributed by atoms with Crippen LogP contribution in [-0.4, -0.2) is 54.9 Å². The molecule has 0 spiro atoms. The Bertz CT molecular complexity index is 472. The van der Waals surface area contributed by atoms with Crippen LogP contribution >= 0.6 is 0 Å². The van der Waals surface area contributed by atoms with Gasteiger partial charge in [0, 0.05) is 19.1 Å². The van der Waals surface area contributed by atoms with Crippen molar-refractivity contribution < 1.29 is 9.90 Å². The lowest BCUT2D eigenvalue weighted by Gasteiger charge is -2.29. The van der Waals surface area contributed by atoms with Gasteiger partial charge in [-0.3, -0.25) is 0 Å². The van der Waals surface area contributed by atoms with Crippen LogP contribution < -0.4 is 10.6 Å². The summed E-state index contributed by atoms with van der Waals surface area (Å²) in [6.07, 6.45) is 0.771. The van der Waals surface area contributed by atoms with Gasteiger partial charge in [0.05, 0.1) is 5.60 Å². The topological polar surface area (TPSA) is 64.6 Å². The predicted molar refractivity (Wildman–Crippen MR) is 94.5 cm³/mol. The van der Waals surface area contributed by atoms with Crippen LogP contribution in [0.2, 0.25) is 0 Å². The lowest BCUT2D eigenvalue weighted by atomic mass is 9.93. The average molecular weight is 321 g/mol. The third-order valence-corrected chi connectivity index (χ3v) is 4.10. The maximum absolute atomic E-state index is 12.1. The fraction of sp³-hybridized carbons (Fsp3) is 0.611. The van der Waals surface area contributed by atoms with Gasteiger partial charge in [-0.1, -0.05) is 44.2 Å². The number of hydrogen-bond acceptors (Lipinski definition) is 3. The van der Waals surface area contributed by atoms with Crippen molar-refractivity contribution in [1.29, 1.82) is 0 Å². The van der Waals surface area contributed by atoms with Crippen molar-refractivity contribution in [3.8, 4) is 0 Å². The minimum atomic E-state index is -0.909. The third-order valence-electron chi connectivity index (χ3n) is 4.10. The van der Waals surface area contributed by atoms with Gasteiger partial charge in [0.25, 0.3) is 0 Å². The minimum absolute atomic E-state index is 0.0106. The molecule has 130 valence electrons. The molecule has 0 saturated heterocycles. The summed E-state index contributed by atoms with van der Waals surface area (Å²) < 4.78 is 0. The molecule has 5 nitrogen and oxygen atoms in total. The van der Waals surface area contributed by atoms with Crippen LogP contribution in [0.25, 0.3) is 0 Å². The van der Waals surface area contributed by atoms with E-state index < -0.39 is 5.60 Å². The lowest BCUT2D eigenvalue weighted by molar-refractivity contribution is 0.0165. The Morgan fingerprint density at radius 1 is 1.26 bits per heavy atom. The number of nitrogens with one attached hydrogen (secondary N) is 2. The number of benzene rings is 1. The van der Waals surface area contributed by atoms with Crippen molar-refractivity contribution in [2.75, 3.05) is 27.2 Å². The molecule has 0 aliphatic carbocycles. The van der Waals surface area contributed by atoms with Crippen molar-refractivity contribution in [1.82, 2.24) is 15.5 Å².